The van der Waals surface area contributed by atoms with E-state index in [-0.39, 0.29) is 5.41 Å². The minimum absolute atomic E-state index is 0.0437. The summed E-state index contributed by atoms with van der Waals surface area (Å²) in [6.07, 6.45) is 8.45. The van der Waals surface area contributed by atoms with Crippen molar-refractivity contribution in [1.82, 2.24) is 4.16 Å². The normalized spacial score (nSPS) is 12.8. The lowest BCUT2D eigenvalue weighted by atomic mass is 9.87. The van der Waals surface area contributed by atoms with Crippen LogP contribution in [-0.2, 0) is 5.41 Å². The fourth-order valence-corrected chi connectivity index (χ4v) is 8.89. The Labute approximate surface area is 238 Å². The molecule has 0 aliphatic rings. The van der Waals surface area contributed by atoms with Gasteiger partial charge in [0.05, 0.1) is 17.6 Å². The number of benzene rings is 3. The van der Waals surface area contributed by atoms with Gasteiger partial charge in [0.15, 0.2) is 0 Å². The number of pyridine rings is 2. The zero-order valence-electron chi connectivity index (χ0n) is 23.4. The summed E-state index contributed by atoms with van der Waals surface area (Å²) in [4.78, 5) is 0. The second kappa shape index (κ2) is 8.67. The van der Waals surface area contributed by atoms with E-state index in [0.29, 0.717) is 0 Å². The molecular weight excluding hydrogens is 521 g/mol. The molecule has 5 aromatic heterocycles. The Morgan fingerprint density at radius 3 is 2.46 bits per heavy atom. The Morgan fingerprint density at radius 1 is 0.829 bits per heavy atom. The second-order valence-electron chi connectivity index (χ2n) is 11.7. The third-order valence-electron chi connectivity index (χ3n) is 8.28. The monoisotopic (exact) mass is 551 g/mol. The van der Waals surface area contributed by atoms with Gasteiger partial charge in [-0.1, -0.05) is 69.8 Å². The average molecular weight is 552 g/mol. The highest BCUT2D eigenvalue weighted by Gasteiger charge is 2.26. The van der Waals surface area contributed by atoms with Crippen molar-refractivity contribution < 1.29 is 13.1 Å². The first-order valence-electron chi connectivity index (χ1n) is 14.0. The lowest BCUT2D eigenvalue weighted by Crippen LogP contribution is -2.34. The molecule has 2 bridgehead atoms. The van der Waals surface area contributed by atoms with Gasteiger partial charge in [0.1, 0.15) is 28.5 Å². The molecule has 0 N–H and O–H groups in total. The third kappa shape index (κ3) is 3.41. The lowest BCUT2D eigenvalue weighted by molar-refractivity contribution is -0.542. The van der Waals surface area contributed by atoms with Crippen LogP contribution in [0.3, 0.4) is 0 Å². The van der Waals surface area contributed by atoms with Crippen molar-refractivity contribution in [2.24, 2.45) is 0 Å². The smallest absolute Gasteiger partial charge is 0.296 e. The van der Waals surface area contributed by atoms with Crippen molar-refractivity contribution in [3.63, 3.8) is 0 Å². The fraction of sp³-hybridized carbons (Fsp3) is 0.111. The van der Waals surface area contributed by atoms with E-state index in [4.69, 9.17) is 4.42 Å². The number of fused-ring (bicyclic) bond motifs is 8. The standard InChI is InChI=1S/C36H30N3OP/c1-5-26-27-14-11-15-30(26)39(25-12-7-6-8-13-25)33-16-9-10-20-38(33)41-35-28(17-18-32-34(35)29(27)23-40-32)31-22-24(36(2,3)4)19-21-37(31)41/h5-23H,1H2,2-4H3/q+2. The molecule has 198 valence electrons. The van der Waals surface area contributed by atoms with Gasteiger partial charge in [-0.25, -0.2) is 0 Å². The molecule has 0 saturated heterocycles. The maximum Gasteiger partial charge on any atom is 0.296 e. The van der Waals surface area contributed by atoms with Gasteiger partial charge in [0.2, 0.25) is 0 Å². The van der Waals surface area contributed by atoms with Crippen LogP contribution in [0, 0.1) is 0 Å². The molecule has 0 spiro atoms. The number of rotatable bonds is 2. The number of para-hydroxylation sites is 1. The first-order chi connectivity index (χ1) is 20.0. The zero-order chi connectivity index (χ0) is 27.9. The molecule has 8 aromatic rings. The molecule has 0 aliphatic carbocycles. The predicted molar refractivity (Wildman–Crippen MR) is 170 cm³/mol. The van der Waals surface area contributed by atoms with Crippen molar-refractivity contribution in [2.45, 2.75) is 26.2 Å². The molecule has 4 nitrogen and oxygen atoms in total. The van der Waals surface area contributed by atoms with Crippen LogP contribution in [0.15, 0.2) is 121 Å². The summed E-state index contributed by atoms with van der Waals surface area (Å²) in [5, 5.41) is 6.01. The quantitative estimate of drug-likeness (QED) is 0.197. The SMILES string of the molecule is C=Cc1c2cccc1[n+](-c1ccccc1)c1ccccn1p1c3c(ccc4occ2c43)c2cc(C(C)(C)C)cc[n+]21. The summed E-state index contributed by atoms with van der Waals surface area (Å²) in [7, 11) is -1.03. The van der Waals surface area contributed by atoms with Gasteiger partial charge < -0.3 is 4.42 Å². The molecule has 3 aromatic carbocycles. The molecular formula is C36H30N3OP+2. The molecule has 0 radical (unpaired) electrons. The van der Waals surface area contributed by atoms with E-state index >= 15 is 0 Å². The summed E-state index contributed by atoms with van der Waals surface area (Å²) in [5.74, 6) is 0. The number of furan rings is 1. The highest BCUT2D eigenvalue weighted by molar-refractivity contribution is 7.42. The van der Waals surface area contributed by atoms with Gasteiger partial charge in [0, 0.05) is 27.8 Å². The largest absolute Gasteiger partial charge is 0.464 e. The Bertz CT molecular complexity index is 2370. The van der Waals surface area contributed by atoms with Crippen molar-refractivity contribution in [3.05, 3.63) is 127 Å². The number of hydrogen-bond donors (Lipinski definition) is 0. The van der Waals surface area contributed by atoms with E-state index < -0.39 is 7.66 Å². The molecule has 0 fully saturated rings. The zero-order valence-corrected chi connectivity index (χ0v) is 24.3. The first kappa shape index (κ1) is 24.2. The van der Waals surface area contributed by atoms with Crippen LogP contribution in [0.25, 0.3) is 60.7 Å². The molecule has 1 atom stereocenters. The molecule has 5 heterocycles. The Kier molecular flexibility index (Phi) is 5.11. The summed E-state index contributed by atoms with van der Waals surface area (Å²) in [5.41, 5.74) is 7.89. The molecule has 0 amide bonds. The van der Waals surface area contributed by atoms with E-state index in [1.54, 1.807) is 0 Å². The first-order valence-corrected chi connectivity index (χ1v) is 15.2. The Balaban J connectivity index is 1.79. The Hall–Kier alpha value is -4.66. The molecule has 1 unspecified atom stereocenters. The highest BCUT2D eigenvalue weighted by atomic mass is 31.1. The van der Waals surface area contributed by atoms with Gasteiger partial charge in [-0.2, -0.15) is 12.9 Å². The minimum atomic E-state index is -1.03. The van der Waals surface area contributed by atoms with Crippen LogP contribution in [-0.4, -0.2) is 4.16 Å². The van der Waals surface area contributed by atoms with E-state index in [9.17, 15) is 0 Å². The predicted octanol–water partition coefficient (Wildman–Crippen LogP) is 8.95. The topological polar surface area (TPSA) is 25.5 Å². The Morgan fingerprint density at radius 2 is 1.66 bits per heavy atom. The number of aromatic nitrogens is 3. The summed E-state index contributed by atoms with van der Waals surface area (Å²) in [6.45, 7) is 11.1. The molecule has 41 heavy (non-hydrogen) atoms. The third-order valence-corrected chi connectivity index (χ3v) is 10.6. The fourth-order valence-electron chi connectivity index (χ4n) is 6.30. The van der Waals surface area contributed by atoms with Crippen molar-refractivity contribution in [2.75, 3.05) is 0 Å². The van der Waals surface area contributed by atoms with Crippen LogP contribution in [0.1, 0.15) is 31.9 Å². The second-order valence-corrected chi connectivity index (χ2v) is 13.6. The van der Waals surface area contributed by atoms with Gasteiger partial charge in [-0.05, 0) is 64.9 Å². The van der Waals surface area contributed by atoms with E-state index in [1.165, 1.54) is 27.0 Å². The highest BCUT2D eigenvalue weighted by Crippen LogP contribution is 2.43. The van der Waals surface area contributed by atoms with Crippen LogP contribution >= 0.6 is 7.66 Å². The maximum absolute atomic E-state index is 6.30. The molecule has 5 heteroatoms. The number of nitrogens with zero attached hydrogens (tertiary/aromatic N) is 3. The van der Waals surface area contributed by atoms with E-state index in [0.717, 1.165) is 38.8 Å². The van der Waals surface area contributed by atoms with Gasteiger partial charge in [-0.3, -0.25) is 0 Å². The van der Waals surface area contributed by atoms with E-state index in [1.807, 2.05) is 12.3 Å². The van der Waals surface area contributed by atoms with Crippen LogP contribution in [0.5, 0.6) is 0 Å². The maximum atomic E-state index is 6.30. The molecule has 0 aliphatic heterocycles. The van der Waals surface area contributed by atoms with Crippen molar-refractivity contribution >= 4 is 62.7 Å². The van der Waals surface area contributed by atoms with Crippen LogP contribution < -0.4 is 8.73 Å². The molecule has 0 saturated carbocycles. The van der Waals surface area contributed by atoms with Crippen molar-refractivity contribution in [1.29, 1.82) is 0 Å². The van der Waals surface area contributed by atoms with Crippen LogP contribution in [0.4, 0.5) is 0 Å². The van der Waals surface area contributed by atoms with Gasteiger partial charge in [-0.15, -0.1) is 0 Å². The summed E-state index contributed by atoms with van der Waals surface area (Å²) < 4.78 is 13.6. The number of hydrogen-bond acceptors (Lipinski definition) is 1. The molecule has 8 rings (SSSR count). The minimum Gasteiger partial charge on any atom is -0.464 e. The van der Waals surface area contributed by atoms with Crippen molar-refractivity contribution in [3.8, 4) is 5.69 Å². The summed E-state index contributed by atoms with van der Waals surface area (Å²) in [6, 6.07) is 32.7. The lowest BCUT2D eigenvalue weighted by Gasteiger charge is -2.18. The van der Waals surface area contributed by atoms with E-state index in [2.05, 4.69) is 144 Å². The summed E-state index contributed by atoms with van der Waals surface area (Å²) >= 11 is 0. The van der Waals surface area contributed by atoms with Gasteiger partial charge >= 0.3 is 0 Å². The van der Waals surface area contributed by atoms with Crippen LogP contribution in [0.2, 0.25) is 0 Å². The van der Waals surface area contributed by atoms with Gasteiger partial charge in [0.25, 0.3) is 13.3 Å². The average Bonchev–Trinajstić information content (AvgIpc) is 3.56.